The summed E-state index contributed by atoms with van der Waals surface area (Å²) in [5.74, 6) is 0. The fraction of sp³-hybridized carbons (Fsp3) is 0.0909. The lowest BCUT2D eigenvalue weighted by Crippen LogP contribution is -1.99. The number of rotatable bonds is 3. The second kappa shape index (κ2) is 4.85. The molecule has 0 atom stereocenters. The zero-order valence-electron chi connectivity index (χ0n) is 8.03. The fourth-order valence-electron chi connectivity index (χ4n) is 1.24. The van der Waals surface area contributed by atoms with Gasteiger partial charge in [-0.15, -0.1) is 11.3 Å². The highest BCUT2D eigenvalue weighted by Crippen LogP contribution is 2.20. The van der Waals surface area contributed by atoms with E-state index in [9.17, 15) is 0 Å². The second-order valence-corrected chi connectivity index (χ2v) is 5.41. The number of hydrogen-bond acceptors (Lipinski definition) is 3. The van der Waals surface area contributed by atoms with Crippen molar-refractivity contribution >= 4 is 45.3 Å². The molecule has 0 amide bonds. The van der Waals surface area contributed by atoms with Gasteiger partial charge in [-0.3, -0.25) is 0 Å². The van der Waals surface area contributed by atoms with Crippen LogP contribution in [0.2, 0.25) is 0 Å². The van der Waals surface area contributed by atoms with Crippen molar-refractivity contribution < 1.29 is 0 Å². The van der Waals surface area contributed by atoms with Crippen LogP contribution in [0.15, 0.2) is 35.7 Å². The summed E-state index contributed by atoms with van der Waals surface area (Å²) in [5, 5.41) is 5.36. The molecule has 0 saturated carbocycles. The molecule has 2 rings (SSSR count). The summed E-state index contributed by atoms with van der Waals surface area (Å²) in [6.07, 6.45) is 0. The highest BCUT2D eigenvalue weighted by Gasteiger charge is 1.99. The zero-order valence-corrected chi connectivity index (χ0v) is 11.0. The molecule has 1 aromatic heterocycles. The number of nitrogen functional groups attached to an aromatic ring is 1. The molecule has 78 valence electrons. The van der Waals surface area contributed by atoms with Gasteiger partial charge in [0.15, 0.2) is 0 Å². The molecule has 1 aromatic carbocycles. The molecular formula is C11H11IN2S. The maximum absolute atomic E-state index is 5.80. The Hall–Kier alpha value is -0.750. The smallest absolute Gasteiger partial charge is 0.0514 e. The van der Waals surface area contributed by atoms with Crippen LogP contribution < -0.4 is 11.1 Å². The van der Waals surface area contributed by atoms with Crippen molar-refractivity contribution in [2.75, 3.05) is 11.1 Å². The van der Waals surface area contributed by atoms with Crippen molar-refractivity contribution in [2.45, 2.75) is 6.54 Å². The van der Waals surface area contributed by atoms with E-state index in [0.717, 1.165) is 17.9 Å². The minimum atomic E-state index is 0.796. The molecule has 0 saturated heterocycles. The van der Waals surface area contributed by atoms with Crippen LogP contribution in [0.5, 0.6) is 0 Å². The third-order valence-corrected chi connectivity index (χ3v) is 3.73. The van der Waals surface area contributed by atoms with Gasteiger partial charge in [-0.25, -0.2) is 0 Å². The lowest BCUT2D eigenvalue weighted by Gasteiger charge is -2.05. The first kappa shape index (κ1) is 10.8. The molecule has 0 aliphatic carbocycles. The van der Waals surface area contributed by atoms with Gasteiger partial charge in [0.05, 0.1) is 6.54 Å². The van der Waals surface area contributed by atoms with Gasteiger partial charge in [0.25, 0.3) is 0 Å². The molecule has 0 spiro atoms. The van der Waals surface area contributed by atoms with E-state index in [1.165, 1.54) is 8.45 Å². The van der Waals surface area contributed by atoms with Gasteiger partial charge < -0.3 is 11.1 Å². The van der Waals surface area contributed by atoms with E-state index in [2.05, 4.69) is 52.2 Å². The molecule has 3 N–H and O–H groups in total. The van der Waals surface area contributed by atoms with Crippen LogP contribution in [0.25, 0.3) is 0 Å². The Kier molecular flexibility index (Phi) is 3.48. The molecular weight excluding hydrogens is 319 g/mol. The van der Waals surface area contributed by atoms with Crippen molar-refractivity contribution in [1.82, 2.24) is 0 Å². The average Bonchev–Trinajstić information content (AvgIpc) is 2.63. The molecule has 4 heteroatoms. The summed E-state index contributed by atoms with van der Waals surface area (Å²) < 4.78 is 1.24. The van der Waals surface area contributed by atoms with Crippen LogP contribution in [0.3, 0.4) is 0 Å². The Morgan fingerprint density at radius 1 is 1.20 bits per heavy atom. The van der Waals surface area contributed by atoms with Crippen molar-refractivity contribution in [3.63, 3.8) is 0 Å². The van der Waals surface area contributed by atoms with Crippen LogP contribution in [0, 0.1) is 3.57 Å². The lowest BCUT2D eigenvalue weighted by molar-refractivity contribution is 1.19. The molecule has 0 fully saturated rings. The highest BCUT2D eigenvalue weighted by atomic mass is 127. The van der Waals surface area contributed by atoms with Crippen LogP contribution in [0.1, 0.15) is 4.88 Å². The summed E-state index contributed by atoms with van der Waals surface area (Å²) in [4.78, 5) is 1.19. The zero-order chi connectivity index (χ0) is 10.7. The molecule has 15 heavy (non-hydrogen) atoms. The van der Waals surface area contributed by atoms with E-state index < -0.39 is 0 Å². The summed E-state index contributed by atoms with van der Waals surface area (Å²) in [6.45, 7) is 0.796. The molecule has 0 aliphatic heterocycles. The Balaban J connectivity index is 1.99. The molecule has 0 bridgehead atoms. The van der Waals surface area contributed by atoms with Gasteiger partial charge in [-0.05, 0) is 58.3 Å². The van der Waals surface area contributed by atoms with Crippen molar-refractivity contribution in [3.8, 4) is 0 Å². The van der Waals surface area contributed by atoms with Gasteiger partial charge in [0.1, 0.15) is 0 Å². The molecule has 0 radical (unpaired) electrons. The molecule has 0 aliphatic rings. The molecule has 1 heterocycles. The summed E-state index contributed by atoms with van der Waals surface area (Å²) in [6, 6.07) is 10.3. The highest BCUT2D eigenvalue weighted by molar-refractivity contribution is 14.1. The SMILES string of the molecule is Nc1ccsc1CNc1ccc(I)cc1. The van der Waals surface area contributed by atoms with E-state index in [0.29, 0.717) is 0 Å². The number of nitrogens with two attached hydrogens (primary N) is 1. The monoisotopic (exact) mass is 330 g/mol. The predicted octanol–water partition coefficient (Wildman–Crippen LogP) is 3.55. The third kappa shape index (κ3) is 2.85. The van der Waals surface area contributed by atoms with Gasteiger partial charge in [-0.2, -0.15) is 0 Å². The first-order chi connectivity index (χ1) is 7.25. The number of thiophene rings is 1. The number of nitrogens with one attached hydrogen (secondary N) is 1. The van der Waals surface area contributed by atoms with Crippen LogP contribution in [-0.2, 0) is 6.54 Å². The summed E-state index contributed by atoms with van der Waals surface area (Å²) in [7, 11) is 0. The maximum atomic E-state index is 5.80. The molecule has 2 aromatic rings. The van der Waals surface area contributed by atoms with Crippen molar-refractivity contribution in [3.05, 3.63) is 44.2 Å². The number of anilines is 2. The first-order valence-corrected chi connectivity index (χ1v) is 6.53. The van der Waals surface area contributed by atoms with Gasteiger partial charge in [0, 0.05) is 19.8 Å². The van der Waals surface area contributed by atoms with Crippen LogP contribution >= 0.6 is 33.9 Å². The Labute approximate surface area is 107 Å². The van der Waals surface area contributed by atoms with Gasteiger partial charge in [-0.1, -0.05) is 0 Å². The van der Waals surface area contributed by atoms with Crippen molar-refractivity contribution in [1.29, 1.82) is 0 Å². The van der Waals surface area contributed by atoms with E-state index in [1.54, 1.807) is 11.3 Å². The average molecular weight is 330 g/mol. The lowest BCUT2D eigenvalue weighted by atomic mass is 10.3. The Bertz CT molecular complexity index is 436. The number of hydrogen-bond donors (Lipinski definition) is 2. The predicted molar refractivity (Wildman–Crippen MR) is 75.2 cm³/mol. The van der Waals surface area contributed by atoms with E-state index >= 15 is 0 Å². The largest absolute Gasteiger partial charge is 0.398 e. The van der Waals surface area contributed by atoms with Crippen molar-refractivity contribution in [2.24, 2.45) is 0 Å². The van der Waals surface area contributed by atoms with Crippen LogP contribution in [-0.4, -0.2) is 0 Å². The Morgan fingerprint density at radius 3 is 2.53 bits per heavy atom. The standard InChI is InChI=1S/C11H11IN2S/c12-8-1-3-9(4-2-8)14-7-11-10(13)5-6-15-11/h1-6,14H,7,13H2. The Morgan fingerprint density at radius 2 is 1.93 bits per heavy atom. The fourth-order valence-corrected chi connectivity index (χ4v) is 2.34. The van der Waals surface area contributed by atoms with E-state index in [4.69, 9.17) is 5.73 Å². The third-order valence-electron chi connectivity index (χ3n) is 2.08. The summed E-state index contributed by atoms with van der Waals surface area (Å²) >= 11 is 3.98. The van der Waals surface area contributed by atoms with Gasteiger partial charge in [0.2, 0.25) is 0 Å². The first-order valence-electron chi connectivity index (χ1n) is 4.57. The summed E-state index contributed by atoms with van der Waals surface area (Å²) in [5.41, 5.74) is 7.80. The minimum absolute atomic E-state index is 0.796. The maximum Gasteiger partial charge on any atom is 0.0514 e. The van der Waals surface area contributed by atoms with E-state index in [1.807, 2.05) is 11.4 Å². The molecule has 0 unspecified atom stereocenters. The number of halogens is 1. The number of benzene rings is 1. The normalized spacial score (nSPS) is 10.2. The molecule has 2 nitrogen and oxygen atoms in total. The quantitative estimate of drug-likeness (QED) is 0.845. The minimum Gasteiger partial charge on any atom is -0.398 e. The second-order valence-electron chi connectivity index (χ2n) is 3.16. The van der Waals surface area contributed by atoms with E-state index in [-0.39, 0.29) is 0 Å². The van der Waals surface area contributed by atoms with Gasteiger partial charge >= 0.3 is 0 Å². The topological polar surface area (TPSA) is 38.0 Å². The van der Waals surface area contributed by atoms with Crippen LogP contribution in [0.4, 0.5) is 11.4 Å².